The van der Waals surface area contributed by atoms with Gasteiger partial charge in [-0.2, -0.15) is 13.2 Å². The van der Waals surface area contributed by atoms with E-state index in [0.717, 1.165) is 17.4 Å². The molecule has 1 amide bonds. The summed E-state index contributed by atoms with van der Waals surface area (Å²) in [4.78, 5) is 17.9. The lowest BCUT2D eigenvalue weighted by Crippen LogP contribution is -2.53. The first-order valence-electron chi connectivity index (χ1n) is 8.30. The first-order chi connectivity index (χ1) is 12.5. The summed E-state index contributed by atoms with van der Waals surface area (Å²) in [6, 6.07) is 1.01. The van der Waals surface area contributed by atoms with E-state index in [2.05, 4.69) is 10.3 Å². The average molecular weight is 403 g/mol. The van der Waals surface area contributed by atoms with Crippen LogP contribution in [0.5, 0.6) is 0 Å². The van der Waals surface area contributed by atoms with Gasteiger partial charge in [-0.15, -0.1) is 11.3 Å². The van der Waals surface area contributed by atoms with E-state index in [4.69, 9.17) is 4.74 Å². The second-order valence-electron chi connectivity index (χ2n) is 7.08. The zero-order chi connectivity index (χ0) is 20.0. The lowest BCUT2D eigenvalue weighted by molar-refractivity contribution is -0.136. The van der Waals surface area contributed by atoms with Crippen molar-refractivity contribution in [2.45, 2.75) is 31.7 Å². The standard InChI is InChI=1S/C17H20F3N3O3S/c1-16(2,25)8-26-9-5-23(6-9)12-4-11(17(18,19)20)14-13(22-12)10(7-27-14)15(24)21-3/h4,7,9,25H,5-6,8H2,1-3H3,(H,21,24). The lowest BCUT2D eigenvalue weighted by atomic mass is 10.1. The molecule has 148 valence electrons. The SMILES string of the molecule is CNC(=O)c1csc2c(C(F)(F)F)cc(N3CC(OCC(C)(C)O)C3)nc12. The van der Waals surface area contributed by atoms with Gasteiger partial charge in [0.05, 0.1) is 39.7 Å². The van der Waals surface area contributed by atoms with Crippen molar-refractivity contribution in [2.75, 3.05) is 31.6 Å². The number of carbonyl (C=O) groups is 1. The zero-order valence-electron chi connectivity index (χ0n) is 15.1. The van der Waals surface area contributed by atoms with Crippen molar-refractivity contribution in [1.82, 2.24) is 10.3 Å². The van der Waals surface area contributed by atoms with Gasteiger partial charge in [-0.3, -0.25) is 4.79 Å². The summed E-state index contributed by atoms with van der Waals surface area (Å²) < 4.78 is 46.0. The predicted octanol–water partition coefficient (Wildman–Crippen LogP) is 2.65. The molecule has 1 saturated heterocycles. The molecule has 27 heavy (non-hydrogen) atoms. The van der Waals surface area contributed by atoms with Gasteiger partial charge in [0.2, 0.25) is 0 Å². The van der Waals surface area contributed by atoms with Gasteiger partial charge < -0.3 is 20.1 Å². The van der Waals surface area contributed by atoms with E-state index < -0.39 is 23.2 Å². The van der Waals surface area contributed by atoms with Crippen molar-refractivity contribution < 1.29 is 27.8 Å². The Hall–Kier alpha value is -1.91. The molecule has 2 N–H and O–H groups in total. The number of aromatic nitrogens is 1. The average Bonchev–Trinajstić information content (AvgIpc) is 2.93. The number of anilines is 1. The highest BCUT2D eigenvalue weighted by Crippen LogP contribution is 2.40. The van der Waals surface area contributed by atoms with Crippen LogP contribution in [0.3, 0.4) is 0 Å². The molecular weight excluding hydrogens is 383 g/mol. The Morgan fingerprint density at radius 2 is 2.11 bits per heavy atom. The lowest BCUT2D eigenvalue weighted by Gasteiger charge is -2.40. The number of hydrogen-bond donors (Lipinski definition) is 2. The van der Waals surface area contributed by atoms with Crippen molar-refractivity contribution in [3.8, 4) is 0 Å². The van der Waals surface area contributed by atoms with Gasteiger partial charge in [-0.05, 0) is 19.9 Å². The summed E-state index contributed by atoms with van der Waals surface area (Å²) in [6.07, 6.45) is -4.74. The Morgan fingerprint density at radius 3 is 2.67 bits per heavy atom. The number of alkyl halides is 3. The Morgan fingerprint density at radius 1 is 1.44 bits per heavy atom. The fourth-order valence-corrected chi connectivity index (χ4v) is 3.74. The van der Waals surface area contributed by atoms with Crippen molar-refractivity contribution >= 4 is 33.3 Å². The largest absolute Gasteiger partial charge is 0.417 e. The molecule has 10 heteroatoms. The molecule has 3 heterocycles. The number of hydrogen-bond acceptors (Lipinski definition) is 6. The van der Waals surface area contributed by atoms with Crippen LogP contribution in [-0.2, 0) is 10.9 Å². The summed E-state index contributed by atoms with van der Waals surface area (Å²) in [5, 5.41) is 13.5. The van der Waals surface area contributed by atoms with Gasteiger partial charge >= 0.3 is 6.18 Å². The van der Waals surface area contributed by atoms with Gasteiger partial charge in [-0.1, -0.05) is 0 Å². The van der Waals surface area contributed by atoms with Crippen molar-refractivity contribution in [3.63, 3.8) is 0 Å². The van der Waals surface area contributed by atoms with Gasteiger partial charge in [0.25, 0.3) is 5.91 Å². The van der Waals surface area contributed by atoms with E-state index in [1.165, 1.54) is 12.4 Å². The van der Waals surface area contributed by atoms with Crippen LogP contribution in [-0.4, -0.2) is 54.4 Å². The number of aliphatic hydroxyl groups is 1. The Bertz CT molecular complexity index is 855. The highest BCUT2D eigenvalue weighted by atomic mass is 32.1. The van der Waals surface area contributed by atoms with Crippen molar-refractivity contribution in [3.05, 3.63) is 22.6 Å². The molecule has 0 bridgehead atoms. The van der Waals surface area contributed by atoms with E-state index in [1.54, 1.807) is 18.7 Å². The van der Waals surface area contributed by atoms with Crippen LogP contribution in [0.25, 0.3) is 10.2 Å². The number of amides is 1. The van der Waals surface area contributed by atoms with Crippen LogP contribution >= 0.6 is 11.3 Å². The minimum absolute atomic E-state index is 0.0463. The fraction of sp³-hybridized carbons (Fsp3) is 0.529. The Labute approximate surface area is 157 Å². The third-order valence-corrected chi connectivity index (χ3v) is 5.13. The number of thiophene rings is 1. The number of rotatable bonds is 5. The fourth-order valence-electron chi connectivity index (χ4n) is 2.72. The molecule has 2 aromatic heterocycles. The summed E-state index contributed by atoms with van der Waals surface area (Å²) in [6.45, 7) is 4.10. The Kier molecular flexibility index (Phi) is 5.08. The first kappa shape index (κ1) is 19.8. The van der Waals surface area contributed by atoms with Crippen LogP contribution in [0.2, 0.25) is 0 Å². The smallest absolute Gasteiger partial charge is 0.388 e. The maximum atomic E-state index is 13.5. The molecule has 0 saturated carbocycles. The highest BCUT2D eigenvalue weighted by Gasteiger charge is 2.37. The molecule has 0 atom stereocenters. The maximum absolute atomic E-state index is 13.5. The monoisotopic (exact) mass is 403 g/mol. The number of fused-ring (bicyclic) bond motifs is 1. The second kappa shape index (κ2) is 6.92. The molecule has 0 aromatic carbocycles. The molecular formula is C17H20F3N3O3S. The third-order valence-electron chi connectivity index (χ3n) is 4.13. The molecule has 0 unspecified atom stereocenters. The highest BCUT2D eigenvalue weighted by molar-refractivity contribution is 7.17. The van der Waals surface area contributed by atoms with E-state index in [9.17, 15) is 23.1 Å². The van der Waals surface area contributed by atoms with Crippen molar-refractivity contribution in [2.24, 2.45) is 0 Å². The molecule has 3 rings (SSSR count). The topological polar surface area (TPSA) is 74.7 Å². The molecule has 2 aromatic rings. The number of carbonyl (C=O) groups excluding carboxylic acids is 1. The number of ether oxygens (including phenoxy) is 1. The molecule has 0 aliphatic carbocycles. The van der Waals surface area contributed by atoms with E-state index in [-0.39, 0.29) is 34.3 Å². The number of nitrogens with one attached hydrogen (secondary N) is 1. The summed E-state index contributed by atoms with van der Waals surface area (Å²) >= 11 is 0.854. The minimum Gasteiger partial charge on any atom is -0.388 e. The van der Waals surface area contributed by atoms with E-state index in [1.807, 2.05) is 0 Å². The number of nitrogens with zero attached hydrogens (tertiary/aromatic N) is 2. The second-order valence-corrected chi connectivity index (χ2v) is 7.96. The Balaban J connectivity index is 1.89. The normalized spacial score (nSPS) is 15.9. The van der Waals surface area contributed by atoms with Crippen LogP contribution in [0.15, 0.2) is 11.4 Å². The summed E-state index contributed by atoms with van der Waals surface area (Å²) in [7, 11) is 1.42. The molecule has 1 fully saturated rings. The number of pyridine rings is 1. The minimum atomic E-state index is -4.55. The summed E-state index contributed by atoms with van der Waals surface area (Å²) in [5.74, 6) is -0.324. The quantitative estimate of drug-likeness (QED) is 0.803. The third kappa shape index (κ3) is 4.17. The molecule has 0 radical (unpaired) electrons. The van der Waals surface area contributed by atoms with Crippen LogP contribution in [0.4, 0.5) is 19.0 Å². The van der Waals surface area contributed by atoms with Gasteiger partial charge in [0.1, 0.15) is 5.82 Å². The first-order valence-corrected chi connectivity index (χ1v) is 9.18. The summed E-state index contributed by atoms with van der Waals surface area (Å²) in [5.41, 5.74) is -1.60. The van der Waals surface area contributed by atoms with Gasteiger partial charge in [0.15, 0.2) is 0 Å². The molecule has 1 aliphatic rings. The van der Waals surface area contributed by atoms with Crippen LogP contribution in [0, 0.1) is 0 Å². The predicted molar refractivity (Wildman–Crippen MR) is 96.3 cm³/mol. The zero-order valence-corrected chi connectivity index (χ0v) is 15.9. The molecule has 6 nitrogen and oxygen atoms in total. The van der Waals surface area contributed by atoms with Crippen LogP contribution < -0.4 is 10.2 Å². The van der Waals surface area contributed by atoms with E-state index in [0.29, 0.717) is 13.1 Å². The number of halogens is 3. The molecule has 0 spiro atoms. The van der Waals surface area contributed by atoms with E-state index >= 15 is 0 Å². The molecule has 1 aliphatic heterocycles. The van der Waals surface area contributed by atoms with Gasteiger partial charge in [-0.25, -0.2) is 4.98 Å². The van der Waals surface area contributed by atoms with Crippen LogP contribution in [0.1, 0.15) is 29.8 Å². The van der Waals surface area contributed by atoms with Crippen molar-refractivity contribution in [1.29, 1.82) is 0 Å². The maximum Gasteiger partial charge on any atom is 0.417 e. The van der Waals surface area contributed by atoms with Gasteiger partial charge in [0, 0.05) is 25.5 Å².